The number of carbonyl (C=O) groups excluding carboxylic acids is 1. The summed E-state index contributed by atoms with van der Waals surface area (Å²) in [5.74, 6) is -0.791. The second kappa shape index (κ2) is 4.85. The predicted molar refractivity (Wildman–Crippen MR) is 76.3 cm³/mol. The van der Waals surface area contributed by atoms with Crippen molar-refractivity contribution in [2.75, 3.05) is 0 Å². The number of rotatable bonds is 2. The van der Waals surface area contributed by atoms with Gasteiger partial charge in [-0.3, -0.25) is 9.78 Å². The molecule has 0 aliphatic rings. The molecule has 0 radical (unpaired) electrons. The molecule has 0 spiro atoms. The Morgan fingerprint density at radius 2 is 1.95 bits per heavy atom. The molecule has 0 aliphatic carbocycles. The van der Waals surface area contributed by atoms with E-state index in [0.717, 1.165) is 16.3 Å². The van der Waals surface area contributed by atoms with Crippen molar-refractivity contribution in [2.45, 2.75) is 6.92 Å². The first-order valence-electron chi connectivity index (χ1n) is 6.30. The largest absolute Gasteiger partial charge is 0.288 e. The molecule has 3 aromatic rings. The average molecular weight is 265 g/mol. The number of aromatic nitrogens is 1. The summed E-state index contributed by atoms with van der Waals surface area (Å²) < 4.78 is 14.0. The van der Waals surface area contributed by atoms with Crippen LogP contribution in [0.25, 0.3) is 10.8 Å². The van der Waals surface area contributed by atoms with Crippen LogP contribution in [0.4, 0.5) is 4.39 Å². The van der Waals surface area contributed by atoms with Crippen LogP contribution in [-0.2, 0) is 0 Å². The van der Waals surface area contributed by atoms with Crippen LogP contribution in [0.3, 0.4) is 0 Å². The van der Waals surface area contributed by atoms with E-state index in [1.807, 2.05) is 6.07 Å². The molecule has 1 aromatic heterocycles. The van der Waals surface area contributed by atoms with E-state index in [0.29, 0.717) is 5.56 Å². The predicted octanol–water partition coefficient (Wildman–Crippen LogP) is 3.91. The standard InChI is InChI=1S/C17H12FNO/c1-11-5-6-15(16(18)9-11)17(20)14-4-2-3-12-10-19-8-7-13(12)14/h2-10H,1H3. The van der Waals surface area contributed by atoms with Gasteiger partial charge in [-0.1, -0.05) is 24.3 Å². The maximum atomic E-state index is 14.0. The fourth-order valence-electron chi connectivity index (χ4n) is 2.27. The van der Waals surface area contributed by atoms with E-state index in [1.54, 1.807) is 43.6 Å². The molecule has 0 saturated carbocycles. The number of hydrogen-bond donors (Lipinski definition) is 0. The highest BCUT2D eigenvalue weighted by Crippen LogP contribution is 2.22. The first-order chi connectivity index (χ1) is 9.66. The van der Waals surface area contributed by atoms with Crippen LogP contribution in [0.5, 0.6) is 0 Å². The van der Waals surface area contributed by atoms with Gasteiger partial charge in [0.2, 0.25) is 0 Å². The number of carbonyl (C=O) groups is 1. The van der Waals surface area contributed by atoms with Crippen molar-refractivity contribution >= 4 is 16.6 Å². The summed E-state index contributed by atoms with van der Waals surface area (Å²) in [5.41, 5.74) is 1.38. The number of aryl methyl sites for hydroxylation is 1. The minimum Gasteiger partial charge on any atom is -0.288 e. The van der Waals surface area contributed by atoms with Gasteiger partial charge >= 0.3 is 0 Å². The fraction of sp³-hybridized carbons (Fsp3) is 0.0588. The molecular weight excluding hydrogens is 253 g/mol. The van der Waals surface area contributed by atoms with Crippen LogP contribution in [0, 0.1) is 12.7 Å². The molecular formula is C17H12FNO. The Labute approximate surface area is 115 Å². The highest BCUT2D eigenvalue weighted by molar-refractivity contribution is 6.16. The van der Waals surface area contributed by atoms with E-state index >= 15 is 0 Å². The van der Waals surface area contributed by atoms with Gasteiger partial charge in [0.1, 0.15) is 5.82 Å². The number of nitrogens with zero attached hydrogens (tertiary/aromatic N) is 1. The molecule has 0 bridgehead atoms. The van der Waals surface area contributed by atoms with E-state index in [-0.39, 0.29) is 11.3 Å². The van der Waals surface area contributed by atoms with Gasteiger partial charge in [-0.25, -0.2) is 4.39 Å². The van der Waals surface area contributed by atoms with Crippen molar-refractivity contribution < 1.29 is 9.18 Å². The molecule has 98 valence electrons. The summed E-state index contributed by atoms with van der Waals surface area (Å²) >= 11 is 0. The lowest BCUT2D eigenvalue weighted by atomic mass is 9.97. The lowest BCUT2D eigenvalue weighted by molar-refractivity contribution is 0.103. The van der Waals surface area contributed by atoms with Crippen LogP contribution in [0.2, 0.25) is 0 Å². The van der Waals surface area contributed by atoms with Gasteiger partial charge in [0, 0.05) is 23.3 Å². The first-order valence-corrected chi connectivity index (χ1v) is 6.30. The zero-order valence-electron chi connectivity index (χ0n) is 10.9. The van der Waals surface area contributed by atoms with Crippen LogP contribution < -0.4 is 0 Å². The van der Waals surface area contributed by atoms with Gasteiger partial charge in [-0.05, 0) is 36.1 Å². The number of ketones is 1. The lowest BCUT2D eigenvalue weighted by Crippen LogP contribution is -2.05. The molecule has 2 aromatic carbocycles. The van der Waals surface area contributed by atoms with E-state index < -0.39 is 5.82 Å². The quantitative estimate of drug-likeness (QED) is 0.657. The maximum absolute atomic E-state index is 14.0. The number of benzene rings is 2. The highest BCUT2D eigenvalue weighted by Gasteiger charge is 2.16. The van der Waals surface area contributed by atoms with E-state index in [2.05, 4.69) is 4.98 Å². The van der Waals surface area contributed by atoms with Crippen LogP contribution in [0.15, 0.2) is 54.9 Å². The van der Waals surface area contributed by atoms with Gasteiger partial charge in [0.15, 0.2) is 5.78 Å². The highest BCUT2D eigenvalue weighted by atomic mass is 19.1. The summed E-state index contributed by atoms with van der Waals surface area (Å²) in [6.45, 7) is 1.79. The lowest BCUT2D eigenvalue weighted by Gasteiger charge is -2.07. The Hall–Kier alpha value is -2.55. The summed E-state index contributed by atoms with van der Waals surface area (Å²) in [5, 5.41) is 1.65. The zero-order valence-corrected chi connectivity index (χ0v) is 10.9. The van der Waals surface area contributed by atoms with Crippen molar-refractivity contribution in [3.8, 4) is 0 Å². The van der Waals surface area contributed by atoms with Gasteiger partial charge in [-0.15, -0.1) is 0 Å². The normalized spacial score (nSPS) is 10.7. The Bertz CT molecular complexity index is 806. The molecule has 0 saturated heterocycles. The molecule has 1 heterocycles. The van der Waals surface area contributed by atoms with Gasteiger partial charge in [0.25, 0.3) is 0 Å². The third-order valence-electron chi connectivity index (χ3n) is 3.29. The molecule has 0 atom stereocenters. The monoisotopic (exact) mass is 265 g/mol. The minimum absolute atomic E-state index is 0.0971. The second-order valence-corrected chi connectivity index (χ2v) is 4.71. The maximum Gasteiger partial charge on any atom is 0.196 e. The summed E-state index contributed by atoms with van der Waals surface area (Å²) in [4.78, 5) is 16.6. The van der Waals surface area contributed by atoms with Gasteiger partial charge in [-0.2, -0.15) is 0 Å². The van der Waals surface area contributed by atoms with Crippen molar-refractivity contribution in [2.24, 2.45) is 0 Å². The smallest absolute Gasteiger partial charge is 0.196 e. The first kappa shape index (κ1) is 12.5. The molecule has 0 amide bonds. The van der Waals surface area contributed by atoms with Crippen LogP contribution in [-0.4, -0.2) is 10.8 Å². The Morgan fingerprint density at radius 3 is 2.75 bits per heavy atom. The second-order valence-electron chi connectivity index (χ2n) is 4.71. The molecule has 0 aliphatic heterocycles. The van der Waals surface area contributed by atoms with E-state index in [4.69, 9.17) is 0 Å². The molecule has 3 heteroatoms. The topological polar surface area (TPSA) is 30.0 Å². The summed E-state index contributed by atoms with van der Waals surface area (Å²) in [6.07, 6.45) is 3.32. The van der Waals surface area contributed by atoms with Gasteiger partial charge < -0.3 is 0 Å². The van der Waals surface area contributed by atoms with Crippen molar-refractivity contribution in [1.29, 1.82) is 0 Å². The van der Waals surface area contributed by atoms with Gasteiger partial charge in [0.05, 0.1) is 5.56 Å². The third kappa shape index (κ3) is 2.07. The molecule has 0 fully saturated rings. The number of pyridine rings is 1. The average Bonchev–Trinajstić information content (AvgIpc) is 2.46. The molecule has 2 nitrogen and oxygen atoms in total. The van der Waals surface area contributed by atoms with Crippen LogP contribution in [0.1, 0.15) is 21.5 Å². The van der Waals surface area contributed by atoms with Crippen molar-refractivity contribution in [3.63, 3.8) is 0 Å². The Balaban J connectivity index is 2.18. The molecule has 20 heavy (non-hydrogen) atoms. The summed E-state index contributed by atoms with van der Waals surface area (Å²) in [6, 6.07) is 11.8. The Kier molecular flexibility index (Phi) is 3.03. The Morgan fingerprint density at radius 1 is 1.10 bits per heavy atom. The molecule has 0 unspecified atom stereocenters. The third-order valence-corrected chi connectivity index (χ3v) is 3.29. The van der Waals surface area contributed by atoms with Crippen molar-refractivity contribution in [3.05, 3.63) is 77.4 Å². The number of hydrogen-bond acceptors (Lipinski definition) is 2. The van der Waals surface area contributed by atoms with Crippen molar-refractivity contribution in [1.82, 2.24) is 4.98 Å². The minimum atomic E-state index is -0.485. The zero-order chi connectivity index (χ0) is 14.1. The molecule has 3 rings (SSSR count). The number of halogens is 1. The summed E-state index contributed by atoms with van der Waals surface area (Å²) in [7, 11) is 0. The fourth-order valence-corrected chi connectivity index (χ4v) is 2.27. The van der Waals surface area contributed by atoms with E-state index in [9.17, 15) is 9.18 Å². The SMILES string of the molecule is Cc1ccc(C(=O)c2cccc3cnccc23)c(F)c1. The van der Waals surface area contributed by atoms with E-state index in [1.165, 1.54) is 12.1 Å². The molecule has 0 N–H and O–H groups in total. The van der Waals surface area contributed by atoms with Crippen LogP contribution >= 0.6 is 0 Å². The number of fused-ring (bicyclic) bond motifs is 1.